The summed E-state index contributed by atoms with van der Waals surface area (Å²) in [5.41, 5.74) is 2.18. The van der Waals surface area contributed by atoms with Crippen LogP contribution in [-0.4, -0.2) is 42.2 Å². The number of nitro benzene ring substituents is 1. The maximum absolute atomic E-state index is 12.7. The zero-order valence-corrected chi connectivity index (χ0v) is 12.8. The van der Waals surface area contributed by atoms with E-state index >= 15 is 0 Å². The van der Waals surface area contributed by atoms with Crippen LogP contribution in [0.3, 0.4) is 0 Å². The largest absolute Gasteiger partial charge is 0.324 e. The Hall–Kier alpha value is -1.36. The van der Waals surface area contributed by atoms with Crippen molar-refractivity contribution >= 4 is 33.2 Å². The summed E-state index contributed by atoms with van der Waals surface area (Å²) in [6.45, 7) is 0.719. The molecule has 0 atom stereocenters. The highest BCUT2D eigenvalue weighted by Crippen LogP contribution is 2.30. The van der Waals surface area contributed by atoms with E-state index in [4.69, 9.17) is 5.84 Å². The molecule has 1 aliphatic rings. The summed E-state index contributed by atoms with van der Waals surface area (Å²) >= 11 is 1.68. The zero-order chi connectivity index (χ0) is 15.5. The first-order chi connectivity index (χ1) is 9.96. The van der Waals surface area contributed by atoms with Gasteiger partial charge in [0.1, 0.15) is 0 Å². The van der Waals surface area contributed by atoms with Crippen LogP contribution in [0.4, 0.5) is 11.4 Å². The van der Waals surface area contributed by atoms with Gasteiger partial charge in [-0.1, -0.05) is 0 Å². The Morgan fingerprint density at radius 2 is 2.10 bits per heavy atom. The average Bonchev–Trinajstić information content (AvgIpc) is 2.76. The van der Waals surface area contributed by atoms with Crippen LogP contribution in [0.25, 0.3) is 0 Å². The summed E-state index contributed by atoms with van der Waals surface area (Å²) < 4.78 is 26.7. The maximum atomic E-state index is 12.7. The Morgan fingerprint density at radius 3 is 2.76 bits per heavy atom. The van der Waals surface area contributed by atoms with Crippen molar-refractivity contribution in [3.05, 3.63) is 28.3 Å². The molecule has 21 heavy (non-hydrogen) atoms. The van der Waals surface area contributed by atoms with Gasteiger partial charge in [-0.05, 0) is 24.3 Å². The third-order valence-electron chi connectivity index (χ3n) is 3.12. The summed E-state index contributed by atoms with van der Waals surface area (Å²) in [5.74, 6) is 6.83. The summed E-state index contributed by atoms with van der Waals surface area (Å²) in [6.07, 6.45) is 0.729. The number of nitro groups is 1. The monoisotopic (exact) mass is 332 g/mol. The van der Waals surface area contributed by atoms with Gasteiger partial charge >= 0.3 is 0 Å². The highest BCUT2D eigenvalue weighted by molar-refractivity contribution is 7.99. The smallest absolute Gasteiger partial charge is 0.289 e. The molecule has 1 aromatic rings. The number of anilines is 1. The van der Waals surface area contributed by atoms with Crippen molar-refractivity contribution in [2.24, 2.45) is 5.84 Å². The predicted octanol–water partition coefficient (Wildman–Crippen LogP) is 1.01. The fourth-order valence-electron chi connectivity index (χ4n) is 2.06. The van der Waals surface area contributed by atoms with Crippen molar-refractivity contribution in [3.63, 3.8) is 0 Å². The van der Waals surface area contributed by atoms with Crippen molar-refractivity contribution in [1.82, 2.24) is 4.31 Å². The van der Waals surface area contributed by atoms with E-state index in [2.05, 4.69) is 5.43 Å². The van der Waals surface area contributed by atoms with Crippen LogP contribution in [0.5, 0.6) is 0 Å². The van der Waals surface area contributed by atoms with Crippen LogP contribution < -0.4 is 11.3 Å². The molecule has 116 valence electrons. The number of sulfonamides is 1. The van der Waals surface area contributed by atoms with Gasteiger partial charge in [-0.15, -0.1) is 0 Å². The Bertz CT molecular complexity index is 627. The van der Waals surface area contributed by atoms with Gasteiger partial charge < -0.3 is 5.43 Å². The van der Waals surface area contributed by atoms with Gasteiger partial charge in [-0.25, -0.2) is 8.42 Å². The number of nitrogens with two attached hydrogens (primary N) is 1. The Kier molecular flexibility index (Phi) is 5.04. The van der Waals surface area contributed by atoms with E-state index in [0.717, 1.165) is 18.2 Å². The molecule has 0 aromatic heterocycles. The summed E-state index contributed by atoms with van der Waals surface area (Å²) in [7, 11) is -3.91. The molecule has 3 N–H and O–H groups in total. The molecule has 0 amide bonds. The number of hydrazine groups is 1. The van der Waals surface area contributed by atoms with Crippen LogP contribution in [0.2, 0.25) is 0 Å². The maximum Gasteiger partial charge on any atom is 0.289 e. The van der Waals surface area contributed by atoms with E-state index in [9.17, 15) is 18.5 Å². The van der Waals surface area contributed by atoms with Crippen LogP contribution in [-0.2, 0) is 10.0 Å². The lowest BCUT2D eigenvalue weighted by Crippen LogP contribution is -2.33. The number of hydrogen-bond acceptors (Lipinski definition) is 7. The molecule has 0 spiro atoms. The van der Waals surface area contributed by atoms with E-state index in [1.807, 2.05) is 0 Å². The number of nitrogens with zero attached hydrogens (tertiary/aromatic N) is 2. The summed E-state index contributed by atoms with van der Waals surface area (Å²) in [4.78, 5) is 10.1. The third-order valence-corrected chi connectivity index (χ3v) is 6.10. The van der Waals surface area contributed by atoms with Gasteiger partial charge in [-0.2, -0.15) is 16.1 Å². The second-order valence-electron chi connectivity index (χ2n) is 4.45. The molecular weight excluding hydrogens is 316 g/mol. The fraction of sp³-hybridized carbons (Fsp3) is 0.455. The highest BCUT2D eigenvalue weighted by atomic mass is 32.2. The fourth-order valence-corrected chi connectivity index (χ4v) is 4.73. The number of hydrogen-bond donors (Lipinski definition) is 2. The lowest BCUT2D eigenvalue weighted by molar-refractivity contribution is -0.387. The van der Waals surface area contributed by atoms with Gasteiger partial charge in [0.05, 0.1) is 10.6 Å². The number of thioether (sulfide) groups is 1. The minimum Gasteiger partial charge on any atom is -0.324 e. The summed E-state index contributed by atoms with van der Waals surface area (Å²) in [6, 6.07) is 3.72. The van der Waals surface area contributed by atoms with Crippen molar-refractivity contribution in [2.45, 2.75) is 11.3 Å². The van der Waals surface area contributed by atoms with Crippen LogP contribution in [0, 0.1) is 10.1 Å². The Balaban J connectivity index is 2.48. The molecule has 1 aliphatic heterocycles. The number of rotatable bonds is 4. The molecule has 1 fully saturated rings. The Morgan fingerprint density at radius 1 is 1.33 bits per heavy atom. The Labute approximate surface area is 126 Å². The third kappa shape index (κ3) is 3.46. The number of nitrogens with one attached hydrogen (secondary N) is 1. The molecule has 0 bridgehead atoms. The van der Waals surface area contributed by atoms with Crippen LogP contribution >= 0.6 is 11.8 Å². The van der Waals surface area contributed by atoms with E-state index in [1.165, 1.54) is 16.4 Å². The van der Waals surface area contributed by atoms with E-state index in [1.54, 1.807) is 11.8 Å². The molecule has 1 aromatic carbocycles. The first-order valence-electron chi connectivity index (χ1n) is 6.30. The molecule has 2 rings (SSSR count). The average molecular weight is 332 g/mol. The molecule has 1 heterocycles. The van der Waals surface area contributed by atoms with Crippen molar-refractivity contribution in [1.29, 1.82) is 0 Å². The second-order valence-corrected chi connectivity index (χ2v) is 7.59. The molecule has 0 aliphatic carbocycles. The molecule has 8 nitrogen and oxygen atoms in total. The summed E-state index contributed by atoms with van der Waals surface area (Å²) in [5, 5.41) is 11.1. The SMILES string of the molecule is NNc1ccc([N+](=O)[O-])c(S(=O)(=O)N2CCCSCC2)c1. The molecule has 0 radical (unpaired) electrons. The lowest BCUT2D eigenvalue weighted by atomic mass is 10.3. The van der Waals surface area contributed by atoms with Crippen molar-refractivity contribution in [3.8, 4) is 0 Å². The normalized spacial score (nSPS) is 17.2. The predicted molar refractivity (Wildman–Crippen MR) is 81.6 cm³/mol. The molecule has 0 saturated carbocycles. The number of nitrogen functional groups attached to an aromatic ring is 1. The molecule has 0 unspecified atom stereocenters. The van der Waals surface area contributed by atoms with E-state index in [-0.39, 0.29) is 4.90 Å². The van der Waals surface area contributed by atoms with Crippen LogP contribution in [0.1, 0.15) is 6.42 Å². The van der Waals surface area contributed by atoms with Gasteiger partial charge in [0, 0.05) is 24.9 Å². The van der Waals surface area contributed by atoms with Crippen molar-refractivity contribution in [2.75, 3.05) is 30.0 Å². The second kappa shape index (κ2) is 6.60. The van der Waals surface area contributed by atoms with Crippen molar-refractivity contribution < 1.29 is 13.3 Å². The number of benzene rings is 1. The minimum atomic E-state index is -3.91. The topological polar surface area (TPSA) is 119 Å². The standard InChI is InChI=1S/C11H16N4O4S2/c12-13-9-2-3-10(15(16)17)11(8-9)21(18,19)14-4-1-6-20-7-5-14/h2-3,8,13H,1,4-7,12H2. The van der Waals surface area contributed by atoms with E-state index in [0.29, 0.717) is 24.5 Å². The van der Waals surface area contributed by atoms with Gasteiger partial charge in [-0.3, -0.25) is 16.0 Å². The van der Waals surface area contributed by atoms with Gasteiger partial charge in [0.25, 0.3) is 5.69 Å². The van der Waals surface area contributed by atoms with Gasteiger partial charge in [0.15, 0.2) is 4.90 Å². The van der Waals surface area contributed by atoms with Gasteiger partial charge in [0.2, 0.25) is 10.0 Å². The lowest BCUT2D eigenvalue weighted by Gasteiger charge is -2.19. The first-order valence-corrected chi connectivity index (χ1v) is 8.89. The molecule has 10 heteroatoms. The quantitative estimate of drug-likeness (QED) is 0.480. The zero-order valence-electron chi connectivity index (χ0n) is 11.2. The minimum absolute atomic E-state index is 0.309. The van der Waals surface area contributed by atoms with E-state index < -0.39 is 20.6 Å². The molecular formula is C11H16N4O4S2. The first kappa shape index (κ1) is 16.0. The molecule has 1 saturated heterocycles. The van der Waals surface area contributed by atoms with Crippen LogP contribution in [0.15, 0.2) is 23.1 Å². The highest BCUT2D eigenvalue weighted by Gasteiger charge is 2.32.